The zero-order valence-corrected chi connectivity index (χ0v) is 17.4. The summed E-state index contributed by atoms with van der Waals surface area (Å²) in [7, 11) is -4.43. The first-order valence-corrected chi connectivity index (χ1v) is 11.3. The molecule has 0 aliphatic carbocycles. The molecule has 0 radical (unpaired) electrons. The Morgan fingerprint density at radius 3 is 2.28 bits per heavy atom. The highest BCUT2D eigenvalue weighted by Crippen LogP contribution is 2.53. The van der Waals surface area contributed by atoms with Crippen LogP contribution in [-0.2, 0) is 31.7 Å². The number of benzene rings is 2. The van der Waals surface area contributed by atoms with Crippen LogP contribution in [0, 0.1) is 5.82 Å². The molecule has 0 N–H and O–H groups in total. The smallest absolute Gasteiger partial charge is 0.254 e. The summed E-state index contributed by atoms with van der Waals surface area (Å²) in [6.45, 7) is 0. The van der Waals surface area contributed by atoms with Crippen LogP contribution in [0.15, 0.2) is 45.3 Å². The summed E-state index contributed by atoms with van der Waals surface area (Å²) in [5.74, 6) is 0.830. The Morgan fingerprint density at radius 2 is 1.68 bits per heavy atom. The zero-order valence-electron chi connectivity index (χ0n) is 12.6. The molecule has 10 heteroatoms. The van der Waals surface area contributed by atoms with Crippen molar-refractivity contribution in [2.45, 2.75) is 17.7 Å². The van der Waals surface area contributed by atoms with Gasteiger partial charge in [-0.15, -0.1) is 9.46 Å². The van der Waals surface area contributed by atoms with Crippen LogP contribution in [0.25, 0.3) is 0 Å². The van der Waals surface area contributed by atoms with Crippen LogP contribution in [0.2, 0.25) is 0 Å². The minimum absolute atomic E-state index is 0.272. The lowest BCUT2D eigenvalue weighted by Crippen LogP contribution is -1.93. The van der Waals surface area contributed by atoms with E-state index in [9.17, 15) is 18.0 Å². The van der Waals surface area contributed by atoms with Gasteiger partial charge in [0, 0.05) is 20.5 Å². The summed E-state index contributed by atoms with van der Waals surface area (Å²) in [6.07, 6.45) is -0.544. The Kier molecular flexibility index (Phi) is 8.04. The van der Waals surface area contributed by atoms with Crippen LogP contribution >= 0.6 is 51.2 Å². The maximum absolute atomic E-state index is 13.8. The van der Waals surface area contributed by atoms with E-state index < -0.39 is 13.8 Å². The minimum Gasteiger partial charge on any atom is -0.254 e. The molecule has 0 amide bonds. The average molecular weight is 520 g/mol. The molecule has 0 unspecified atom stereocenters. The summed E-state index contributed by atoms with van der Waals surface area (Å²) in [5.41, 5.74) is 1.90. The minimum atomic E-state index is -4.43. The number of thioether (sulfide) groups is 1. The van der Waals surface area contributed by atoms with Crippen LogP contribution in [0.1, 0.15) is 16.7 Å². The molecule has 0 aliphatic rings. The van der Waals surface area contributed by atoms with Gasteiger partial charge in [-0.3, -0.25) is 4.57 Å². The highest BCUT2D eigenvalue weighted by Gasteiger charge is 2.29. The van der Waals surface area contributed by atoms with E-state index in [-0.39, 0.29) is 5.82 Å². The normalized spacial score (nSPS) is 11.7. The molecule has 0 atom stereocenters. The molecule has 0 fully saturated rings. The number of halogens is 5. The second kappa shape index (κ2) is 9.58. The fraction of sp³-hybridized carbons (Fsp3) is 0.200. The van der Waals surface area contributed by atoms with Crippen LogP contribution in [0.3, 0.4) is 0 Å². The molecule has 0 heterocycles. The van der Waals surface area contributed by atoms with E-state index in [4.69, 9.17) is 0 Å². The maximum Gasteiger partial charge on any atom is 0.399 e. The van der Waals surface area contributed by atoms with E-state index in [2.05, 4.69) is 41.3 Å². The van der Waals surface area contributed by atoms with E-state index in [0.29, 0.717) is 31.6 Å². The molecular weight excluding hydrogens is 508 g/mol. The lowest BCUT2D eigenvalue weighted by molar-refractivity contribution is -0.0881. The standard InChI is InChI=1S/C15H12Br2F3O3PS/c16-13-4-3-12(15(18)6-13)9-25-8-10-1-2-11(14(17)5-10)7-24(21,22-19)23-20/h1-6H,7-9H2. The number of hydrogen-bond donors (Lipinski definition) is 0. The van der Waals surface area contributed by atoms with Crippen LogP contribution in [0.5, 0.6) is 0 Å². The van der Waals surface area contributed by atoms with Crippen molar-refractivity contribution in [2.24, 2.45) is 0 Å². The fourth-order valence-corrected chi connectivity index (χ4v) is 4.89. The zero-order chi connectivity index (χ0) is 18.4. The van der Waals surface area contributed by atoms with E-state index in [1.54, 1.807) is 30.3 Å². The summed E-state index contributed by atoms with van der Waals surface area (Å²) >= 11 is 7.99. The maximum atomic E-state index is 13.8. The Bertz CT molecular complexity index is 787. The van der Waals surface area contributed by atoms with E-state index in [0.717, 1.165) is 5.56 Å². The topological polar surface area (TPSA) is 35.5 Å². The first-order valence-electron chi connectivity index (χ1n) is 6.85. The van der Waals surface area contributed by atoms with Crippen LogP contribution < -0.4 is 0 Å². The van der Waals surface area contributed by atoms with Crippen LogP contribution in [-0.4, -0.2) is 0 Å². The van der Waals surface area contributed by atoms with Crippen molar-refractivity contribution < 1.29 is 27.5 Å². The van der Waals surface area contributed by atoms with Crippen LogP contribution in [0.4, 0.5) is 13.4 Å². The third-order valence-corrected chi connectivity index (χ3v) is 6.67. The first kappa shape index (κ1) is 21.0. The van der Waals surface area contributed by atoms with Gasteiger partial charge < -0.3 is 0 Å². The van der Waals surface area contributed by atoms with E-state index in [1.807, 2.05) is 0 Å². The lowest BCUT2D eigenvalue weighted by Gasteiger charge is -2.10. The summed E-state index contributed by atoms with van der Waals surface area (Å²) < 4.78 is 56.9. The predicted octanol–water partition coefficient (Wildman–Crippen LogP) is 7.28. The second-order valence-corrected chi connectivity index (χ2v) is 9.63. The van der Waals surface area contributed by atoms with E-state index in [1.165, 1.54) is 17.8 Å². The van der Waals surface area contributed by atoms with Gasteiger partial charge in [-0.2, -0.15) is 11.8 Å². The molecule has 136 valence electrons. The van der Waals surface area contributed by atoms with Crippen molar-refractivity contribution >= 4 is 51.2 Å². The number of hydrogen-bond acceptors (Lipinski definition) is 4. The monoisotopic (exact) mass is 518 g/mol. The predicted molar refractivity (Wildman–Crippen MR) is 98.9 cm³/mol. The van der Waals surface area contributed by atoms with Gasteiger partial charge in [-0.05, 0) is 43.9 Å². The fourth-order valence-electron chi connectivity index (χ4n) is 1.99. The molecule has 0 spiro atoms. The van der Waals surface area contributed by atoms with Gasteiger partial charge >= 0.3 is 7.60 Å². The van der Waals surface area contributed by atoms with Crippen molar-refractivity contribution in [3.05, 3.63) is 67.9 Å². The quantitative estimate of drug-likeness (QED) is 0.343. The van der Waals surface area contributed by atoms with Gasteiger partial charge in [-0.1, -0.05) is 50.1 Å². The summed E-state index contributed by atoms with van der Waals surface area (Å²) in [4.78, 5) is 0. The first-order chi connectivity index (χ1) is 11.9. The molecule has 0 aliphatic heterocycles. The van der Waals surface area contributed by atoms with Crippen molar-refractivity contribution in [1.29, 1.82) is 0 Å². The Balaban J connectivity index is 1.97. The highest BCUT2D eigenvalue weighted by molar-refractivity contribution is 9.10. The van der Waals surface area contributed by atoms with Gasteiger partial charge in [-0.25, -0.2) is 4.39 Å². The van der Waals surface area contributed by atoms with Crippen molar-refractivity contribution in [1.82, 2.24) is 0 Å². The highest BCUT2D eigenvalue weighted by atomic mass is 79.9. The summed E-state index contributed by atoms with van der Waals surface area (Å²) in [5, 5.41) is 0. The van der Waals surface area contributed by atoms with E-state index >= 15 is 0 Å². The molecule has 0 bridgehead atoms. The van der Waals surface area contributed by atoms with Crippen molar-refractivity contribution in [3.63, 3.8) is 0 Å². The molecular formula is C15H12Br2F3O3PS. The molecule has 0 saturated carbocycles. The SMILES string of the molecule is O=P(Cc1ccc(CSCc2ccc(Br)cc2F)cc1Br)(OF)OF. The number of rotatable bonds is 8. The second-order valence-electron chi connectivity index (χ2n) is 5.06. The van der Waals surface area contributed by atoms with Gasteiger partial charge in [0.05, 0.1) is 6.16 Å². The Labute approximate surface area is 163 Å². The van der Waals surface area contributed by atoms with Gasteiger partial charge in [0.25, 0.3) is 0 Å². The molecule has 3 nitrogen and oxygen atoms in total. The van der Waals surface area contributed by atoms with Gasteiger partial charge in [0.2, 0.25) is 0 Å². The van der Waals surface area contributed by atoms with Crippen molar-refractivity contribution in [2.75, 3.05) is 0 Å². The molecule has 2 rings (SSSR count). The van der Waals surface area contributed by atoms with Crippen molar-refractivity contribution in [3.8, 4) is 0 Å². The summed E-state index contributed by atoms with van der Waals surface area (Å²) in [6, 6.07) is 9.96. The Morgan fingerprint density at radius 1 is 1.00 bits per heavy atom. The largest absolute Gasteiger partial charge is 0.399 e. The molecule has 0 aromatic heterocycles. The van der Waals surface area contributed by atoms with Gasteiger partial charge in [0.15, 0.2) is 0 Å². The van der Waals surface area contributed by atoms with Gasteiger partial charge in [0.1, 0.15) is 5.82 Å². The molecule has 2 aromatic carbocycles. The molecule has 2 aromatic rings. The third-order valence-electron chi connectivity index (χ3n) is 3.23. The Hall–Kier alpha value is -0.310. The lowest BCUT2D eigenvalue weighted by atomic mass is 10.2. The third kappa shape index (κ3) is 6.12. The average Bonchev–Trinajstić information content (AvgIpc) is 2.59. The molecule has 25 heavy (non-hydrogen) atoms. The molecule has 0 saturated heterocycles.